The van der Waals surface area contributed by atoms with Crippen molar-refractivity contribution >= 4 is 0 Å². The molecule has 1 heterocycles. The highest BCUT2D eigenvalue weighted by molar-refractivity contribution is 5.01. The lowest BCUT2D eigenvalue weighted by molar-refractivity contribution is 0.401. The van der Waals surface area contributed by atoms with Gasteiger partial charge in [-0.2, -0.15) is 0 Å². The molecule has 1 aliphatic rings. The molecule has 0 aromatic carbocycles. The van der Waals surface area contributed by atoms with Gasteiger partial charge in [-0.05, 0) is 26.3 Å². The van der Waals surface area contributed by atoms with Gasteiger partial charge in [-0.15, -0.1) is 0 Å². The van der Waals surface area contributed by atoms with Crippen molar-refractivity contribution in [1.29, 1.82) is 0 Å². The Bertz CT molecular complexity index is 133. The second-order valence-electron chi connectivity index (χ2n) is 4.33. The number of hydrogen-bond donors (Lipinski definition) is 0. The van der Waals surface area contributed by atoms with Gasteiger partial charge in [0.1, 0.15) is 0 Å². The van der Waals surface area contributed by atoms with Crippen molar-refractivity contribution in [3.63, 3.8) is 0 Å². The van der Waals surface area contributed by atoms with Crippen LogP contribution in [0.1, 0.15) is 52.9 Å². The second-order valence-corrected chi connectivity index (χ2v) is 4.33. The van der Waals surface area contributed by atoms with Gasteiger partial charge in [-0.3, -0.25) is 4.90 Å². The molecule has 1 rings (SSSR count). The number of nitrogens with zero attached hydrogens (tertiary/aromatic N) is 1. The van der Waals surface area contributed by atoms with E-state index in [0.29, 0.717) is 5.54 Å². The zero-order valence-electron chi connectivity index (χ0n) is 8.90. The molecule has 0 saturated carbocycles. The van der Waals surface area contributed by atoms with Crippen LogP contribution in [-0.4, -0.2) is 23.5 Å². The number of hydrogen-bond acceptors (Lipinski definition) is 1. The van der Waals surface area contributed by atoms with E-state index in [4.69, 9.17) is 0 Å². The van der Waals surface area contributed by atoms with Crippen molar-refractivity contribution in [2.45, 2.75) is 58.4 Å². The normalized spacial score (nSPS) is 33.8. The zero-order chi connectivity index (χ0) is 9.03. The Morgan fingerprint density at radius 2 is 1.92 bits per heavy atom. The largest absolute Gasteiger partial charge is 0.295 e. The van der Waals surface area contributed by atoms with Gasteiger partial charge in [0, 0.05) is 12.1 Å². The first-order valence-electron chi connectivity index (χ1n) is 5.48. The highest BCUT2D eigenvalue weighted by atomic mass is 15.3. The second kappa shape index (κ2) is 4.27. The van der Waals surface area contributed by atoms with Crippen molar-refractivity contribution in [2.24, 2.45) is 0 Å². The minimum absolute atomic E-state index is 0.589. The van der Waals surface area contributed by atoms with Crippen LogP contribution >= 0.6 is 0 Å². The predicted octanol–water partition coefficient (Wildman–Crippen LogP) is 3.05. The van der Waals surface area contributed by atoms with E-state index < -0.39 is 0 Å². The minimum Gasteiger partial charge on any atom is -0.295 e. The van der Waals surface area contributed by atoms with Crippen LogP contribution in [0.25, 0.3) is 0 Å². The summed E-state index contributed by atoms with van der Waals surface area (Å²) >= 11 is 0. The molecule has 1 fully saturated rings. The molecule has 1 nitrogen and oxygen atoms in total. The predicted molar refractivity (Wildman–Crippen MR) is 54.4 cm³/mol. The van der Waals surface area contributed by atoms with Crippen LogP contribution < -0.4 is 0 Å². The van der Waals surface area contributed by atoms with Gasteiger partial charge in [0.25, 0.3) is 0 Å². The van der Waals surface area contributed by atoms with Crippen molar-refractivity contribution in [2.75, 3.05) is 13.1 Å². The first-order chi connectivity index (χ1) is 5.73. The maximum atomic E-state index is 2.61. The summed E-state index contributed by atoms with van der Waals surface area (Å²) in [6.45, 7) is 9.63. The first kappa shape index (κ1) is 10.0. The van der Waals surface area contributed by atoms with Crippen LogP contribution in [0.2, 0.25) is 0 Å². The standard InChI is InChI=1S/C11H23N/c1-4-6-7-8-9-12-10-11(12,3)5-2/h4-10H2,1-3H3. The molecule has 1 heteroatoms. The van der Waals surface area contributed by atoms with Crippen molar-refractivity contribution < 1.29 is 0 Å². The van der Waals surface area contributed by atoms with Gasteiger partial charge < -0.3 is 0 Å². The van der Waals surface area contributed by atoms with Crippen LogP contribution in [0, 0.1) is 0 Å². The number of unbranched alkanes of at least 4 members (excludes halogenated alkanes) is 3. The van der Waals surface area contributed by atoms with E-state index in [1.165, 1.54) is 45.2 Å². The smallest absolute Gasteiger partial charge is 0.0306 e. The van der Waals surface area contributed by atoms with Gasteiger partial charge in [0.15, 0.2) is 0 Å². The SMILES string of the molecule is CCCCCCN1CC1(C)CC. The maximum Gasteiger partial charge on any atom is 0.0306 e. The highest BCUT2D eigenvalue weighted by Crippen LogP contribution is 2.34. The summed E-state index contributed by atoms with van der Waals surface area (Å²) in [6, 6.07) is 0. The highest BCUT2D eigenvalue weighted by Gasteiger charge is 2.44. The Balaban J connectivity index is 1.97. The van der Waals surface area contributed by atoms with E-state index in [1.54, 1.807) is 0 Å². The Labute approximate surface area is 77.1 Å². The zero-order valence-corrected chi connectivity index (χ0v) is 8.90. The van der Waals surface area contributed by atoms with E-state index in [-0.39, 0.29) is 0 Å². The van der Waals surface area contributed by atoms with Crippen LogP contribution in [0.4, 0.5) is 0 Å². The van der Waals surface area contributed by atoms with Gasteiger partial charge in [0.05, 0.1) is 0 Å². The van der Waals surface area contributed by atoms with Gasteiger partial charge >= 0.3 is 0 Å². The topological polar surface area (TPSA) is 3.01 Å². The average Bonchev–Trinajstić information content (AvgIpc) is 2.73. The molecule has 0 radical (unpaired) electrons. The fraction of sp³-hybridized carbons (Fsp3) is 1.00. The van der Waals surface area contributed by atoms with Crippen LogP contribution in [0.3, 0.4) is 0 Å². The Kier molecular flexibility index (Phi) is 3.57. The summed E-state index contributed by atoms with van der Waals surface area (Å²) in [7, 11) is 0. The molecule has 0 N–H and O–H groups in total. The summed E-state index contributed by atoms with van der Waals surface area (Å²) in [5.41, 5.74) is 0.589. The molecule has 0 spiro atoms. The fourth-order valence-corrected chi connectivity index (χ4v) is 1.79. The minimum atomic E-state index is 0.589. The monoisotopic (exact) mass is 169 g/mol. The van der Waals surface area contributed by atoms with Gasteiger partial charge in [-0.25, -0.2) is 0 Å². The lowest BCUT2D eigenvalue weighted by Gasteiger charge is -2.08. The lowest BCUT2D eigenvalue weighted by Crippen LogP contribution is -2.13. The van der Waals surface area contributed by atoms with Crippen molar-refractivity contribution in [3.05, 3.63) is 0 Å². The molecule has 0 bridgehead atoms. The van der Waals surface area contributed by atoms with E-state index in [2.05, 4.69) is 25.7 Å². The van der Waals surface area contributed by atoms with E-state index in [1.807, 2.05) is 0 Å². The molecule has 72 valence electrons. The lowest BCUT2D eigenvalue weighted by atomic mass is 10.1. The summed E-state index contributed by atoms with van der Waals surface area (Å²) in [4.78, 5) is 2.61. The molecule has 12 heavy (non-hydrogen) atoms. The quantitative estimate of drug-likeness (QED) is 0.436. The summed E-state index contributed by atoms with van der Waals surface area (Å²) in [5, 5.41) is 0. The molecule has 0 aliphatic carbocycles. The molecule has 2 atom stereocenters. The Morgan fingerprint density at radius 3 is 2.42 bits per heavy atom. The summed E-state index contributed by atoms with van der Waals surface area (Å²) < 4.78 is 0. The van der Waals surface area contributed by atoms with Crippen LogP contribution in [0.5, 0.6) is 0 Å². The summed E-state index contributed by atoms with van der Waals surface area (Å²) in [5.74, 6) is 0. The molecule has 1 aliphatic heterocycles. The summed E-state index contributed by atoms with van der Waals surface area (Å²) in [6.07, 6.45) is 6.92. The first-order valence-corrected chi connectivity index (χ1v) is 5.48. The Hall–Kier alpha value is -0.0400. The molecular weight excluding hydrogens is 146 g/mol. The van der Waals surface area contributed by atoms with Gasteiger partial charge in [-0.1, -0.05) is 33.1 Å². The third-order valence-electron chi connectivity index (χ3n) is 3.23. The molecule has 0 aromatic heterocycles. The third kappa shape index (κ3) is 2.48. The van der Waals surface area contributed by atoms with E-state index in [0.717, 1.165) is 0 Å². The molecule has 0 amide bonds. The molecular formula is C11H23N. The van der Waals surface area contributed by atoms with Crippen molar-refractivity contribution in [3.8, 4) is 0 Å². The molecule has 1 saturated heterocycles. The maximum absolute atomic E-state index is 2.61. The van der Waals surface area contributed by atoms with Gasteiger partial charge in [0.2, 0.25) is 0 Å². The van der Waals surface area contributed by atoms with Crippen molar-refractivity contribution in [1.82, 2.24) is 4.90 Å². The number of rotatable bonds is 6. The fourth-order valence-electron chi connectivity index (χ4n) is 1.79. The molecule has 2 unspecified atom stereocenters. The Morgan fingerprint density at radius 1 is 1.17 bits per heavy atom. The van der Waals surface area contributed by atoms with Crippen LogP contribution in [-0.2, 0) is 0 Å². The van der Waals surface area contributed by atoms with E-state index >= 15 is 0 Å². The average molecular weight is 169 g/mol. The molecule has 0 aromatic rings. The van der Waals surface area contributed by atoms with Crippen LogP contribution in [0.15, 0.2) is 0 Å². The third-order valence-corrected chi connectivity index (χ3v) is 3.23. The van der Waals surface area contributed by atoms with E-state index in [9.17, 15) is 0 Å².